The Bertz CT molecular complexity index is 1560. The van der Waals surface area contributed by atoms with Crippen LogP contribution in [0.15, 0.2) is 41.3 Å². The van der Waals surface area contributed by atoms with Gasteiger partial charge in [0.1, 0.15) is 10.1 Å². The summed E-state index contributed by atoms with van der Waals surface area (Å²) in [5, 5.41) is 9.38. The van der Waals surface area contributed by atoms with Crippen molar-refractivity contribution in [1.82, 2.24) is 34.5 Å². The lowest BCUT2D eigenvalue weighted by atomic mass is 10.0. The van der Waals surface area contributed by atoms with Gasteiger partial charge >= 0.3 is 0 Å². The van der Waals surface area contributed by atoms with Crippen LogP contribution in [0.25, 0.3) is 27.6 Å². The molecule has 0 radical (unpaired) electrons. The number of anilines is 1. The number of rotatable bonds is 4. The number of morpholine rings is 1. The number of hydrogen-bond donors (Lipinski definition) is 1. The van der Waals surface area contributed by atoms with E-state index in [2.05, 4.69) is 41.2 Å². The lowest BCUT2D eigenvalue weighted by molar-refractivity contribution is -0.141. The highest BCUT2D eigenvalue weighted by molar-refractivity contribution is 9.10. The highest BCUT2D eigenvalue weighted by atomic mass is 79.9. The van der Waals surface area contributed by atoms with Crippen molar-refractivity contribution in [2.75, 3.05) is 44.7 Å². The molecule has 39 heavy (non-hydrogen) atoms. The van der Waals surface area contributed by atoms with Gasteiger partial charge in [0.05, 0.1) is 30.3 Å². The summed E-state index contributed by atoms with van der Waals surface area (Å²) >= 11 is 3.49. The molecular weight excluding hydrogens is 567 g/mol. The number of hydrogen-bond acceptors (Lipinski definition) is 8. The fourth-order valence-corrected chi connectivity index (χ4v) is 6.54. The van der Waals surface area contributed by atoms with Gasteiger partial charge in [0, 0.05) is 62.0 Å². The van der Waals surface area contributed by atoms with Gasteiger partial charge in [-0.3, -0.25) is 14.7 Å². The minimum absolute atomic E-state index is 0.00357. The maximum Gasteiger partial charge on any atom is 0.225 e. The molecule has 4 aromatic rings. The van der Waals surface area contributed by atoms with E-state index in [1.807, 2.05) is 17.0 Å². The summed E-state index contributed by atoms with van der Waals surface area (Å²) in [5.41, 5.74) is 1.41. The Kier molecular flexibility index (Phi) is 6.40. The monoisotopic (exact) mass is 594 g/mol. The molecule has 10 nitrogen and oxygen atoms in total. The van der Waals surface area contributed by atoms with Gasteiger partial charge in [-0.2, -0.15) is 10.1 Å². The van der Waals surface area contributed by atoms with Crippen molar-refractivity contribution in [3.63, 3.8) is 0 Å². The Morgan fingerprint density at radius 2 is 2.10 bits per heavy atom. The molecular formula is C27H28BrFN8O2. The second-order valence-electron chi connectivity index (χ2n) is 10.5. The highest BCUT2D eigenvalue weighted by Gasteiger charge is 2.37. The Hall–Kier alpha value is -3.22. The summed E-state index contributed by atoms with van der Waals surface area (Å²) in [4.78, 5) is 31.2. The van der Waals surface area contributed by atoms with Crippen molar-refractivity contribution in [3.8, 4) is 5.69 Å². The second-order valence-corrected chi connectivity index (χ2v) is 11.3. The Labute approximate surface area is 232 Å². The van der Waals surface area contributed by atoms with Crippen LogP contribution in [-0.4, -0.2) is 91.9 Å². The third-order valence-electron chi connectivity index (χ3n) is 8.13. The molecule has 0 spiro atoms. The number of fused-ring (bicyclic) bond motifs is 3. The van der Waals surface area contributed by atoms with Gasteiger partial charge in [-0.25, -0.2) is 14.1 Å². The normalized spacial score (nSPS) is 23.8. The number of ether oxygens (including phenoxy) is 1. The molecule has 1 unspecified atom stereocenters. The lowest BCUT2D eigenvalue weighted by Gasteiger charge is -2.44. The van der Waals surface area contributed by atoms with E-state index in [1.165, 1.54) is 6.07 Å². The molecule has 12 heteroatoms. The lowest BCUT2D eigenvalue weighted by Crippen LogP contribution is -2.59. The van der Waals surface area contributed by atoms with E-state index in [0.717, 1.165) is 57.4 Å². The van der Waals surface area contributed by atoms with Crippen LogP contribution >= 0.6 is 15.9 Å². The molecule has 1 aromatic carbocycles. The fraction of sp³-hybridized carbons (Fsp3) is 0.444. The molecule has 1 saturated carbocycles. The summed E-state index contributed by atoms with van der Waals surface area (Å²) < 4.78 is 22.6. The average molecular weight is 595 g/mol. The topological polar surface area (TPSA) is 101 Å². The van der Waals surface area contributed by atoms with Gasteiger partial charge in [-0.15, -0.1) is 0 Å². The molecule has 7 rings (SSSR count). The molecule has 2 aliphatic heterocycles. The van der Waals surface area contributed by atoms with Crippen LogP contribution in [-0.2, 0) is 9.53 Å². The van der Waals surface area contributed by atoms with Gasteiger partial charge in [0.15, 0.2) is 11.5 Å². The van der Waals surface area contributed by atoms with E-state index in [4.69, 9.17) is 9.72 Å². The number of pyridine rings is 1. The van der Waals surface area contributed by atoms with Gasteiger partial charge in [0.25, 0.3) is 0 Å². The van der Waals surface area contributed by atoms with Crippen molar-refractivity contribution in [2.45, 2.75) is 31.3 Å². The zero-order valence-electron chi connectivity index (χ0n) is 21.3. The number of benzene rings is 1. The Balaban J connectivity index is 1.08. The van der Waals surface area contributed by atoms with Crippen LogP contribution < -0.4 is 5.32 Å². The standard InChI is InChI=1S/C27H28BrFN8O2/c28-24-21-13-31-27(33-25(21)37(34-24)19-11-16-2-1-5-30-23(16)22(29)12-19)32-18-4-3-17(10-18)26(38)36-7-6-35-8-9-39-15-20(35)14-36/h1-2,5,11-13,17-18,20H,3-4,6-10,14-15H2,(H,31,32,33)/t17-,18-,20?/m1/s1. The van der Waals surface area contributed by atoms with E-state index in [1.54, 1.807) is 23.1 Å². The molecule has 1 N–H and O–H groups in total. The number of aromatic nitrogens is 5. The maximum atomic E-state index is 14.8. The van der Waals surface area contributed by atoms with Crippen molar-refractivity contribution >= 4 is 49.7 Å². The zero-order valence-corrected chi connectivity index (χ0v) is 22.8. The largest absolute Gasteiger partial charge is 0.378 e. The minimum Gasteiger partial charge on any atom is -0.378 e. The van der Waals surface area contributed by atoms with Gasteiger partial charge in [0.2, 0.25) is 11.9 Å². The zero-order chi connectivity index (χ0) is 26.5. The molecule has 1 amide bonds. The van der Waals surface area contributed by atoms with Gasteiger partial charge in [-0.1, -0.05) is 6.07 Å². The van der Waals surface area contributed by atoms with Crippen molar-refractivity contribution in [3.05, 3.63) is 47.1 Å². The van der Waals surface area contributed by atoms with E-state index in [0.29, 0.717) is 45.4 Å². The average Bonchev–Trinajstić information content (AvgIpc) is 3.56. The third-order valence-corrected chi connectivity index (χ3v) is 8.72. The van der Waals surface area contributed by atoms with Crippen LogP contribution in [0.3, 0.4) is 0 Å². The smallest absolute Gasteiger partial charge is 0.225 e. The quantitative estimate of drug-likeness (QED) is 0.384. The summed E-state index contributed by atoms with van der Waals surface area (Å²) in [6, 6.07) is 7.25. The van der Waals surface area contributed by atoms with Gasteiger partial charge in [-0.05, 0) is 47.3 Å². The third kappa shape index (κ3) is 4.64. The first-order valence-electron chi connectivity index (χ1n) is 13.4. The predicted octanol–water partition coefficient (Wildman–Crippen LogP) is 3.39. The van der Waals surface area contributed by atoms with Gasteiger partial charge < -0.3 is 15.0 Å². The highest BCUT2D eigenvalue weighted by Crippen LogP contribution is 2.32. The molecule has 0 bridgehead atoms. The van der Waals surface area contributed by atoms with E-state index in [9.17, 15) is 9.18 Å². The predicted molar refractivity (Wildman–Crippen MR) is 147 cm³/mol. The summed E-state index contributed by atoms with van der Waals surface area (Å²) in [7, 11) is 0. The molecule has 3 atom stereocenters. The molecule has 5 heterocycles. The molecule has 3 aliphatic rings. The summed E-state index contributed by atoms with van der Waals surface area (Å²) in [6.45, 7) is 4.89. The first-order chi connectivity index (χ1) is 19.0. The van der Waals surface area contributed by atoms with Crippen LogP contribution in [0.2, 0.25) is 0 Å². The first kappa shape index (κ1) is 24.8. The Morgan fingerprint density at radius 3 is 3.03 bits per heavy atom. The summed E-state index contributed by atoms with van der Waals surface area (Å²) in [5.74, 6) is 0.284. The molecule has 3 fully saturated rings. The number of nitrogens with one attached hydrogen (secondary N) is 1. The summed E-state index contributed by atoms with van der Waals surface area (Å²) in [6.07, 6.45) is 5.74. The minimum atomic E-state index is -0.422. The SMILES string of the molecule is O=C([C@@H]1CC[C@@H](Nc2ncc3c(Br)nn(-c4cc(F)c5ncccc5c4)c3n2)C1)N1CCN2CCOCC2C1. The van der Waals surface area contributed by atoms with Crippen LogP contribution in [0, 0.1) is 11.7 Å². The van der Waals surface area contributed by atoms with Crippen molar-refractivity contribution in [2.24, 2.45) is 5.92 Å². The van der Waals surface area contributed by atoms with E-state index in [-0.39, 0.29) is 17.9 Å². The van der Waals surface area contributed by atoms with Crippen LogP contribution in [0.4, 0.5) is 10.3 Å². The molecule has 2 saturated heterocycles. The number of nitrogens with zero attached hydrogens (tertiary/aromatic N) is 7. The number of carbonyl (C=O) groups excluding carboxylic acids is 1. The molecule has 1 aliphatic carbocycles. The fourth-order valence-electron chi connectivity index (χ4n) is 6.10. The number of amides is 1. The number of carbonyl (C=O) groups is 1. The first-order valence-corrected chi connectivity index (χ1v) is 14.2. The van der Waals surface area contributed by atoms with Crippen LogP contribution in [0.1, 0.15) is 19.3 Å². The van der Waals surface area contributed by atoms with E-state index >= 15 is 0 Å². The molecule has 3 aromatic heterocycles. The second kappa shape index (κ2) is 10.1. The Morgan fingerprint density at radius 1 is 1.18 bits per heavy atom. The maximum absolute atomic E-state index is 14.8. The van der Waals surface area contributed by atoms with E-state index < -0.39 is 5.82 Å². The van der Waals surface area contributed by atoms with Crippen molar-refractivity contribution in [1.29, 1.82) is 0 Å². The van der Waals surface area contributed by atoms with Crippen LogP contribution in [0.5, 0.6) is 0 Å². The molecule has 202 valence electrons. The van der Waals surface area contributed by atoms with Crippen molar-refractivity contribution < 1.29 is 13.9 Å². The number of halogens is 2. The number of piperazine rings is 1.